The van der Waals surface area contributed by atoms with Gasteiger partial charge in [0, 0.05) is 0 Å². The summed E-state index contributed by atoms with van der Waals surface area (Å²) in [4.78, 5) is 0. The fourth-order valence-electron chi connectivity index (χ4n) is 3.34. The van der Waals surface area contributed by atoms with E-state index in [0.29, 0.717) is 0 Å². The van der Waals surface area contributed by atoms with Crippen LogP contribution in [0.25, 0.3) is 0 Å². The Morgan fingerprint density at radius 2 is 1.74 bits per heavy atom. The molecule has 1 aliphatic heterocycles. The van der Waals surface area contributed by atoms with Crippen LogP contribution in [-0.2, 0) is 9.47 Å². The summed E-state index contributed by atoms with van der Waals surface area (Å²) in [6.07, 6.45) is 5.20. The Morgan fingerprint density at radius 3 is 2.16 bits per heavy atom. The molecule has 114 valence electrons. The van der Waals surface area contributed by atoms with Crippen molar-refractivity contribution in [3.63, 3.8) is 0 Å². The van der Waals surface area contributed by atoms with Gasteiger partial charge in [0.1, 0.15) is 0 Å². The molecule has 0 unspecified atom stereocenters. The first kappa shape index (κ1) is 17.0. The smallest absolute Gasteiger partial charge is 0.164 e. The lowest BCUT2D eigenvalue weighted by atomic mass is 9.69. The molecule has 1 rings (SSSR count). The molecule has 0 aromatic rings. The number of ether oxygens (including phenoxy) is 2. The number of hydrogen-bond donors (Lipinski definition) is 0. The van der Waals surface area contributed by atoms with Crippen molar-refractivity contribution in [3.8, 4) is 0 Å². The third-order valence-electron chi connectivity index (χ3n) is 5.08. The van der Waals surface area contributed by atoms with Gasteiger partial charge in [-0.3, -0.25) is 0 Å². The molecule has 1 heterocycles. The highest BCUT2D eigenvalue weighted by Gasteiger charge is 2.55. The normalized spacial score (nSPS) is 32.5. The third kappa shape index (κ3) is 3.72. The Labute approximate surface area is 120 Å². The lowest BCUT2D eigenvalue weighted by Gasteiger charge is -2.43. The van der Waals surface area contributed by atoms with E-state index in [0.717, 1.165) is 5.92 Å². The summed E-state index contributed by atoms with van der Waals surface area (Å²) in [6.45, 7) is 17.7. The summed E-state index contributed by atoms with van der Waals surface area (Å²) in [7, 11) is 0. The van der Waals surface area contributed by atoms with Gasteiger partial charge in [-0.2, -0.15) is 0 Å². The molecule has 19 heavy (non-hydrogen) atoms. The zero-order valence-corrected chi connectivity index (χ0v) is 14.3. The van der Waals surface area contributed by atoms with Crippen molar-refractivity contribution in [2.24, 2.45) is 11.3 Å². The highest BCUT2D eigenvalue weighted by molar-refractivity contribution is 5.00. The molecular formula is C17H34O2. The van der Waals surface area contributed by atoms with Crippen molar-refractivity contribution in [1.82, 2.24) is 0 Å². The molecule has 0 aromatic carbocycles. The molecule has 0 radical (unpaired) electrons. The number of hydrogen-bond acceptors (Lipinski definition) is 2. The average Bonchev–Trinajstić information content (AvgIpc) is 2.46. The first-order valence-corrected chi connectivity index (χ1v) is 7.92. The van der Waals surface area contributed by atoms with Crippen LogP contribution in [0.1, 0.15) is 81.1 Å². The molecule has 1 aliphatic rings. The van der Waals surface area contributed by atoms with Gasteiger partial charge in [-0.25, -0.2) is 0 Å². The molecule has 1 fully saturated rings. The van der Waals surface area contributed by atoms with Crippen LogP contribution in [0.5, 0.6) is 0 Å². The fraction of sp³-hybridized carbons (Fsp3) is 1.00. The Hall–Kier alpha value is -0.0800. The second-order valence-electron chi connectivity index (χ2n) is 7.69. The van der Waals surface area contributed by atoms with Gasteiger partial charge >= 0.3 is 0 Å². The SMILES string of the molecule is CCC[C@H](C)CCC(C)(C)[C@@]1(C)OC(C)(C)O[C@H]1C. The minimum atomic E-state index is -0.458. The molecule has 3 atom stereocenters. The van der Waals surface area contributed by atoms with E-state index in [1.165, 1.54) is 25.7 Å². The maximum atomic E-state index is 6.28. The lowest BCUT2D eigenvalue weighted by Crippen LogP contribution is -2.49. The molecule has 0 N–H and O–H groups in total. The van der Waals surface area contributed by atoms with Crippen LogP contribution in [0.4, 0.5) is 0 Å². The monoisotopic (exact) mass is 270 g/mol. The van der Waals surface area contributed by atoms with Crippen LogP contribution in [0, 0.1) is 11.3 Å². The molecular weight excluding hydrogens is 236 g/mol. The predicted molar refractivity (Wildman–Crippen MR) is 81.2 cm³/mol. The Morgan fingerprint density at radius 1 is 1.16 bits per heavy atom. The zero-order valence-electron chi connectivity index (χ0n) is 14.3. The van der Waals surface area contributed by atoms with Crippen LogP contribution in [0.15, 0.2) is 0 Å². The van der Waals surface area contributed by atoms with Gasteiger partial charge < -0.3 is 9.47 Å². The van der Waals surface area contributed by atoms with Crippen LogP contribution in [0.3, 0.4) is 0 Å². The Bertz CT molecular complexity index is 296. The summed E-state index contributed by atoms with van der Waals surface area (Å²) in [5.41, 5.74) is -0.0787. The van der Waals surface area contributed by atoms with Gasteiger partial charge in [-0.15, -0.1) is 0 Å². The van der Waals surface area contributed by atoms with Crippen molar-refractivity contribution >= 4 is 0 Å². The van der Waals surface area contributed by atoms with Crippen LogP contribution < -0.4 is 0 Å². The van der Waals surface area contributed by atoms with Gasteiger partial charge in [-0.05, 0) is 45.4 Å². The lowest BCUT2D eigenvalue weighted by molar-refractivity contribution is -0.182. The summed E-state index contributed by atoms with van der Waals surface area (Å²) < 4.78 is 12.3. The maximum Gasteiger partial charge on any atom is 0.164 e. The highest BCUT2D eigenvalue weighted by Crippen LogP contribution is 2.49. The van der Waals surface area contributed by atoms with Crippen molar-refractivity contribution in [3.05, 3.63) is 0 Å². The van der Waals surface area contributed by atoms with Crippen molar-refractivity contribution in [2.45, 2.75) is 98.6 Å². The highest BCUT2D eigenvalue weighted by atomic mass is 16.8. The topological polar surface area (TPSA) is 18.5 Å². The third-order valence-corrected chi connectivity index (χ3v) is 5.08. The van der Waals surface area contributed by atoms with Gasteiger partial charge in [0.2, 0.25) is 0 Å². The first-order valence-electron chi connectivity index (χ1n) is 7.92. The number of rotatable bonds is 6. The average molecular weight is 270 g/mol. The molecule has 2 heteroatoms. The van der Waals surface area contributed by atoms with E-state index in [2.05, 4.69) is 41.5 Å². The predicted octanol–water partition coefficient (Wildman–Crippen LogP) is 5.16. The van der Waals surface area contributed by atoms with Gasteiger partial charge in [-0.1, -0.05) is 47.0 Å². The van der Waals surface area contributed by atoms with E-state index >= 15 is 0 Å². The molecule has 0 amide bonds. The van der Waals surface area contributed by atoms with Crippen LogP contribution in [0.2, 0.25) is 0 Å². The molecule has 1 saturated heterocycles. The summed E-state index contributed by atoms with van der Waals surface area (Å²) in [6, 6.07) is 0. The Kier molecular flexibility index (Phi) is 5.12. The maximum absolute atomic E-state index is 6.28. The summed E-state index contributed by atoms with van der Waals surface area (Å²) in [5.74, 6) is 0.346. The van der Waals surface area contributed by atoms with E-state index in [1.807, 2.05) is 13.8 Å². The van der Waals surface area contributed by atoms with Crippen molar-refractivity contribution in [1.29, 1.82) is 0 Å². The van der Waals surface area contributed by atoms with Crippen molar-refractivity contribution in [2.75, 3.05) is 0 Å². The van der Waals surface area contributed by atoms with Gasteiger partial charge in [0.25, 0.3) is 0 Å². The minimum Gasteiger partial charge on any atom is -0.345 e. The van der Waals surface area contributed by atoms with E-state index in [1.54, 1.807) is 0 Å². The van der Waals surface area contributed by atoms with E-state index in [9.17, 15) is 0 Å². The fourth-order valence-corrected chi connectivity index (χ4v) is 3.34. The Balaban J connectivity index is 2.70. The van der Waals surface area contributed by atoms with Crippen LogP contribution >= 0.6 is 0 Å². The summed E-state index contributed by atoms with van der Waals surface area (Å²) in [5, 5.41) is 0. The van der Waals surface area contributed by atoms with Gasteiger partial charge in [0.05, 0.1) is 11.7 Å². The summed E-state index contributed by atoms with van der Waals surface area (Å²) >= 11 is 0. The molecule has 0 aromatic heterocycles. The standard InChI is InChI=1S/C17H34O2/c1-9-10-13(2)11-12-15(4,5)17(8)14(3)18-16(6,7)19-17/h13-14H,9-12H2,1-8H3/t13-,14-,17-/m0/s1. The van der Waals surface area contributed by atoms with Crippen LogP contribution in [-0.4, -0.2) is 17.5 Å². The molecule has 2 nitrogen and oxygen atoms in total. The second kappa shape index (κ2) is 5.73. The second-order valence-corrected chi connectivity index (χ2v) is 7.69. The molecule has 0 spiro atoms. The molecule has 0 aliphatic carbocycles. The van der Waals surface area contributed by atoms with E-state index in [-0.39, 0.29) is 17.1 Å². The molecule has 0 bridgehead atoms. The van der Waals surface area contributed by atoms with E-state index < -0.39 is 5.79 Å². The molecule has 0 saturated carbocycles. The zero-order chi connectivity index (χ0) is 14.9. The largest absolute Gasteiger partial charge is 0.345 e. The minimum absolute atomic E-state index is 0.127. The quantitative estimate of drug-likeness (QED) is 0.663. The van der Waals surface area contributed by atoms with Crippen molar-refractivity contribution < 1.29 is 9.47 Å². The first-order chi connectivity index (χ1) is 8.54. The van der Waals surface area contributed by atoms with E-state index in [4.69, 9.17) is 9.47 Å². The van der Waals surface area contributed by atoms with Gasteiger partial charge in [0.15, 0.2) is 5.79 Å².